The van der Waals surface area contributed by atoms with Crippen LogP contribution in [0.15, 0.2) is 28.7 Å². The minimum Gasteiger partial charge on any atom is -0.435 e. The smallest absolute Gasteiger partial charge is 0.435 e. The van der Waals surface area contributed by atoms with Crippen LogP contribution in [0, 0.1) is 0 Å². The molecule has 2 rings (SSSR count). The van der Waals surface area contributed by atoms with E-state index < -0.39 is 22.3 Å². The standard InChI is InChI=1S/C16H16BrNO4S/c1-10-3-2-8-18(10,16(21)22)14(19)9-13(23)15(20)11-4-6-12(17)7-5-11/h4-7,10H,2-3,8-9H2,1H3/p+1/t10-,18?/m1/s1. The second kappa shape index (κ2) is 6.98. The lowest BCUT2D eigenvalue weighted by molar-refractivity contribution is -0.792. The van der Waals surface area contributed by atoms with Crippen molar-refractivity contribution >= 4 is 50.8 Å². The molecule has 1 aromatic rings. The van der Waals surface area contributed by atoms with Gasteiger partial charge in [0, 0.05) is 22.9 Å². The Hall–Kier alpha value is -1.44. The highest BCUT2D eigenvalue weighted by Crippen LogP contribution is 2.29. The fourth-order valence-corrected chi connectivity index (χ4v) is 3.46. The van der Waals surface area contributed by atoms with Gasteiger partial charge in [0.2, 0.25) is 0 Å². The van der Waals surface area contributed by atoms with E-state index >= 15 is 0 Å². The number of ketones is 1. The number of likely N-dealkylation sites (tertiary alicyclic amines) is 1. The van der Waals surface area contributed by atoms with Crippen molar-refractivity contribution in [2.75, 3.05) is 6.54 Å². The molecule has 1 N–H and O–H groups in total. The van der Waals surface area contributed by atoms with E-state index in [-0.39, 0.29) is 23.9 Å². The summed E-state index contributed by atoms with van der Waals surface area (Å²) in [5, 5.41) is 9.52. The quantitative estimate of drug-likeness (QED) is 0.476. The van der Waals surface area contributed by atoms with Crippen molar-refractivity contribution in [1.82, 2.24) is 0 Å². The second-order valence-corrected chi connectivity index (χ2v) is 7.10. The maximum absolute atomic E-state index is 12.6. The van der Waals surface area contributed by atoms with E-state index in [2.05, 4.69) is 15.9 Å². The fourth-order valence-electron chi connectivity index (χ4n) is 2.96. The van der Waals surface area contributed by atoms with Gasteiger partial charge in [-0.2, -0.15) is 9.28 Å². The molecule has 122 valence electrons. The van der Waals surface area contributed by atoms with Gasteiger partial charge in [0.05, 0.1) is 11.4 Å². The summed E-state index contributed by atoms with van der Waals surface area (Å²) < 4.78 is 0.200. The summed E-state index contributed by atoms with van der Waals surface area (Å²) in [6, 6.07) is 6.36. The van der Waals surface area contributed by atoms with Crippen LogP contribution in [-0.2, 0) is 4.79 Å². The van der Waals surface area contributed by atoms with Crippen LogP contribution in [0.1, 0.15) is 36.5 Å². The molecule has 0 aliphatic carbocycles. The molecular formula is C16H17BrNO4S+. The fraction of sp³-hybridized carbons (Fsp3) is 0.375. The first-order valence-corrected chi connectivity index (χ1v) is 8.47. The van der Waals surface area contributed by atoms with Crippen molar-refractivity contribution < 1.29 is 24.0 Å². The zero-order valence-corrected chi connectivity index (χ0v) is 15.0. The van der Waals surface area contributed by atoms with E-state index in [1.165, 1.54) is 0 Å². The normalized spacial score (nSPS) is 23.5. The van der Waals surface area contributed by atoms with Crippen LogP contribution in [-0.4, -0.2) is 44.8 Å². The third kappa shape index (κ3) is 3.41. The first-order chi connectivity index (χ1) is 10.8. The van der Waals surface area contributed by atoms with Gasteiger partial charge in [-0.3, -0.25) is 4.79 Å². The summed E-state index contributed by atoms with van der Waals surface area (Å²) in [7, 11) is 0. The lowest BCUT2D eigenvalue weighted by Gasteiger charge is -2.29. The van der Waals surface area contributed by atoms with Crippen LogP contribution < -0.4 is 0 Å². The monoisotopic (exact) mass is 398 g/mol. The first-order valence-electron chi connectivity index (χ1n) is 7.26. The van der Waals surface area contributed by atoms with E-state index in [4.69, 9.17) is 12.2 Å². The van der Waals surface area contributed by atoms with Gasteiger partial charge in [-0.25, -0.2) is 4.79 Å². The molecule has 1 unspecified atom stereocenters. The number of nitrogens with zero attached hydrogens (tertiary/aromatic N) is 1. The third-order valence-corrected chi connectivity index (χ3v) is 5.20. The first kappa shape index (κ1) is 17.9. The van der Waals surface area contributed by atoms with Crippen LogP contribution in [0.2, 0.25) is 0 Å². The number of hydrogen-bond donors (Lipinski definition) is 1. The summed E-state index contributed by atoms with van der Waals surface area (Å²) in [5.74, 6) is -0.922. The summed E-state index contributed by atoms with van der Waals surface area (Å²) in [6.45, 7) is 2.00. The molecule has 5 nitrogen and oxygen atoms in total. The maximum Gasteiger partial charge on any atom is 0.521 e. The summed E-state index contributed by atoms with van der Waals surface area (Å²) in [6.07, 6.45) is -0.141. The number of Topliss-reactive ketones (excluding diaryl/α,β-unsaturated/α-hetero) is 1. The third-order valence-electron chi connectivity index (χ3n) is 4.34. The maximum atomic E-state index is 12.6. The Morgan fingerprint density at radius 1 is 1.30 bits per heavy atom. The number of carbonyl (C=O) groups is 3. The highest BCUT2D eigenvalue weighted by Gasteiger charge is 2.52. The minimum absolute atomic E-state index is 0.0461. The molecule has 1 aromatic carbocycles. The molecule has 1 heterocycles. The molecule has 1 saturated heterocycles. The van der Waals surface area contributed by atoms with Crippen LogP contribution in [0.5, 0.6) is 0 Å². The van der Waals surface area contributed by atoms with Crippen molar-refractivity contribution in [1.29, 1.82) is 0 Å². The largest absolute Gasteiger partial charge is 0.521 e. The highest BCUT2D eigenvalue weighted by atomic mass is 79.9. The lowest BCUT2D eigenvalue weighted by atomic mass is 10.1. The second-order valence-electron chi connectivity index (χ2n) is 5.70. The van der Waals surface area contributed by atoms with Gasteiger partial charge in [0.15, 0.2) is 5.78 Å². The molecule has 1 aliphatic heterocycles. The van der Waals surface area contributed by atoms with E-state index in [1.54, 1.807) is 31.2 Å². The van der Waals surface area contributed by atoms with Crippen molar-refractivity contribution in [3.05, 3.63) is 34.3 Å². The Morgan fingerprint density at radius 3 is 2.39 bits per heavy atom. The number of quaternary nitrogens is 1. The van der Waals surface area contributed by atoms with Crippen LogP contribution in [0.4, 0.5) is 4.79 Å². The molecule has 0 aromatic heterocycles. The van der Waals surface area contributed by atoms with Gasteiger partial charge in [0.1, 0.15) is 12.5 Å². The number of imide groups is 1. The highest BCUT2D eigenvalue weighted by molar-refractivity contribution is 9.10. The van der Waals surface area contributed by atoms with Gasteiger partial charge in [-0.05, 0) is 31.2 Å². The molecule has 0 radical (unpaired) electrons. The van der Waals surface area contributed by atoms with E-state index in [9.17, 15) is 19.5 Å². The molecule has 2 atom stereocenters. The number of benzene rings is 1. The average molecular weight is 399 g/mol. The van der Waals surface area contributed by atoms with Crippen molar-refractivity contribution in [3.8, 4) is 0 Å². The molecule has 0 bridgehead atoms. The number of halogens is 1. The molecule has 2 amide bonds. The van der Waals surface area contributed by atoms with Crippen LogP contribution in [0.25, 0.3) is 0 Å². The Bertz CT molecular complexity index is 673. The van der Waals surface area contributed by atoms with Crippen molar-refractivity contribution in [3.63, 3.8) is 0 Å². The van der Waals surface area contributed by atoms with E-state index in [1.807, 2.05) is 0 Å². The zero-order valence-electron chi connectivity index (χ0n) is 12.6. The number of thiocarbonyl (C=S) groups is 1. The number of carboxylic acid groups (broad SMARTS) is 1. The van der Waals surface area contributed by atoms with Gasteiger partial charge < -0.3 is 5.11 Å². The molecular weight excluding hydrogens is 382 g/mol. The Kier molecular flexibility index (Phi) is 5.44. The predicted molar refractivity (Wildman–Crippen MR) is 92.5 cm³/mol. The van der Waals surface area contributed by atoms with Crippen LogP contribution >= 0.6 is 28.1 Å². The van der Waals surface area contributed by atoms with Crippen molar-refractivity contribution in [2.24, 2.45) is 0 Å². The van der Waals surface area contributed by atoms with Gasteiger partial charge >= 0.3 is 12.0 Å². The Morgan fingerprint density at radius 2 is 1.91 bits per heavy atom. The zero-order chi connectivity index (χ0) is 17.2. The predicted octanol–water partition coefficient (Wildman–Crippen LogP) is 3.60. The minimum atomic E-state index is -1.17. The van der Waals surface area contributed by atoms with Crippen LogP contribution in [0.3, 0.4) is 0 Å². The topological polar surface area (TPSA) is 71.4 Å². The summed E-state index contributed by atoms with van der Waals surface area (Å²) >= 11 is 8.37. The number of rotatable bonds is 4. The number of amides is 2. The van der Waals surface area contributed by atoms with Gasteiger partial charge in [-0.15, -0.1) is 0 Å². The number of hydrogen-bond acceptors (Lipinski definition) is 4. The summed E-state index contributed by atoms with van der Waals surface area (Å²) in [4.78, 5) is 36.5. The summed E-state index contributed by atoms with van der Waals surface area (Å²) in [5.41, 5.74) is 0.391. The average Bonchev–Trinajstić information content (AvgIpc) is 2.90. The Labute approximate surface area is 148 Å². The van der Waals surface area contributed by atoms with Gasteiger partial charge in [-0.1, -0.05) is 28.1 Å². The van der Waals surface area contributed by atoms with E-state index in [0.29, 0.717) is 18.4 Å². The Balaban J connectivity index is 2.15. The van der Waals surface area contributed by atoms with Gasteiger partial charge in [0.25, 0.3) is 0 Å². The van der Waals surface area contributed by atoms with E-state index in [0.717, 1.165) is 4.47 Å². The molecule has 1 fully saturated rings. The molecule has 23 heavy (non-hydrogen) atoms. The lowest BCUT2D eigenvalue weighted by Crippen LogP contribution is -2.59. The SMILES string of the molecule is C[C@@H]1CCC[N+]1(C(=O)O)C(=O)CC(=S)C(=O)c1ccc(Br)cc1. The molecule has 0 spiro atoms. The molecule has 0 saturated carbocycles. The van der Waals surface area contributed by atoms with Crippen molar-refractivity contribution in [2.45, 2.75) is 32.2 Å². The molecule has 1 aliphatic rings. The molecule has 7 heteroatoms. The number of carbonyl (C=O) groups excluding carboxylic acids is 2.